The van der Waals surface area contributed by atoms with Gasteiger partial charge in [-0.05, 0) is 30.4 Å². The third-order valence-corrected chi connectivity index (χ3v) is 5.26. The number of fused-ring (bicyclic) bond motifs is 1. The zero-order valence-corrected chi connectivity index (χ0v) is 16.1. The maximum atomic E-state index is 11.9. The molecule has 0 heterocycles. The van der Waals surface area contributed by atoms with Gasteiger partial charge in [0.2, 0.25) is 0 Å². The van der Waals surface area contributed by atoms with Crippen molar-refractivity contribution in [2.24, 2.45) is 5.92 Å². The van der Waals surface area contributed by atoms with Crippen LogP contribution in [0.3, 0.4) is 0 Å². The first-order chi connectivity index (χ1) is 11.9. The van der Waals surface area contributed by atoms with Crippen molar-refractivity contribution >= 4 is 46.0 Å². The summed E-state index contributed by atoms with van der Waals surface area (Å²) in [5, 5.41) is 5.39. The van der Waals surface area contributed by atoms with Gasteiger partial charge in [-0.2, -0.15) is 0 Å². The smallest absolute Gasteiger partial charge is 0.316 e. The Hall–Kier alpha value is -1.72. The number of carbonyl (C=O) groups excluding carboxylic acids is 2. The molecule has 0 aromatic heterocycles. The van der Waals surface area contributed by atoms with Crippen LogP contribution in [0.15, 0.2) is 41.3 Å². The van der Waals surface area contributed by atoms with Crippen molar-refractivity contribution in [3.63, 3.8) is 0 Å². The standard InChI is InChI=1S/C19H22ClNO3S/c1-12(2)13(3)21-17(22)10-24-18(23)11-25-16-9-5-7-14-6-4-8-15(20)19(14)16/h4-9,12-13H,10-11H2,1-3H3,(H,21,22)/t13-/m1/s1. The number of halogens is 1. The van der Waals surface area contributed by atoms with Crippen LogP contribution in [-0.4, -0.2) is 30.3 Å². The Labute approximate surface area is 157 Å². The van der Waals surface area contributed by atoms with E-state index in [-0.39, 0.29) is 24.3 Å². The number of nitrogens with one attached hydrogen (secondary N) is 1. The number of esters is 1. The Morgan fingerprint density at radius 1 is 1.16 bits per heavy atom. The average Bonchev–Trinajstić information content (AvgIpc) is 2.58. The molecule has 0 aliphatic heterocycles. The fourth-order valence-electron chi connectivity index (χ4n) is 2.17. The van der Waals surface area contributed by atoms with Gasteiger partial charge in [-0.3, -0.25) is 9.59 Å². The van der Waals surface area contributed by atoms with Crippen molar-refractivity contribution < 1.29 is 14.3 Å². The van der Waals surface area contributed by atoms with E-state index in [1.165, 1.54) is 11.8 Å². The molecule has 0 aliphatic rings. The number of rotatable bonds is 7. The Morgan fingerprint density at radius 3 is 2.52 bits per heavy atom. The van der Waals surface area contributed by atoms with Gasteiger partial charge >= 0.3 is 5.97 Å². The lowest BCUT2D eigenvalue weighted by Gasteiger charge is -2.17. The molecule has 0 bridgehead atoms. The van der Waals surface area contributed by atoms with E-state index in [1.54, 1.807) is 0 Å². The van der Waals surface area contributed by atoms with E-state index in [4.69, 9.17) is 16.3 Å². The van der Waals surface area contributed by atoms with Crippen LogP contribution < -0.4 is 5.32 Å². The maximum absolute atomic E-state index is 11.9. The molecule has 0 radical (unpaired) electrons. The van der Waals surface area contributed by atoms with Crippen LogP contribution in [0.4, 0.5) is 0 Å². The highest BCUT2D eigenvalue weighted by molar-refractivity contribution is 8.00. The number of carbonyl (C=O) groups is 2. The fourth-order valence-corrected chi connectivity index (χ4v) is 3.41. The summed E-state index contributed by atoms with van der Waals surface area (Å²) in [6.07, 6.45) is 0. The third kappa shape index (κ3) is 5.65. The van der Waals surface area contributed by atoms with E-state index >= 15 is 0 Å². The molecule has 0 saturated carbocycles. The van der Waals surface area contributed by atoms with Gasteiger partial charge in [0.25, 0.3) is 5.91 Å². The second-order valence-corrected chi connectivity index (χ2v) is 7.57. The zero-order valence-electron chi connectivity index (χ0n) is 14.5. The largest absolute Gasteiger partial charge is 0.455 e. The van der Waals surface area contributed by atoms with Crippen LogP contribution in [0.25, 0.3) is 10.8 Å². The van der Waals surface area contributed by atoms with Gasteiger partial charge in [0.05, 0.1) is 5.75 Å². The van der Waals surface area contributed by atoms with Gasteiger partial charge in [-0.1, -0.05) is 49.7 Å². The average molecular weight is 380 g/mol. The number of hydrogen-bond acceptors (Lipinski definition) is 4. The SMILES string of the molecule is CC(C)[C@@H](C)NC(=O)COC(=O)CSc1cccc2cccc(Cl)c12. The molecule has 1 atom stereocenters. The summed E-state index contributed by atoms with van der Waals surface area (Å²) >= 11 is 7.62. The zero-order chi connectivity index (χ0) is 18.4. The lowest BCUT2D eigenvalue weighted by atomic mass is 10.1. The molecule has 2 aromatic rings. The number of benzene rings is 2. The van der Waals surface area contributed by atoms with Crippen molar-refractivity contribution in [1.29, 1.82) is 0 Å². The summed E-state index contributed by atoms with van der Waals surface area (Å²) in [5.74, 6) is -0.266. The summed E-state index contributed by atoms with van der Waals surface area (Å²) in [7, 11) is 0. The van der Waals surface area contributed by atoms with Crippen molar-refractivity contribution in [2.75, 3.05) is 12.4 Å². The Balaban J connectivity index is 1.88. The van der Waals surface area contributed by atoms with Crippen LogP contribution >= 0.6 is 23.4 Å². The Kier molecular flexibility index (Phi) is 7.14. The van der Waals surface area contributed by atoms with Crippen molar-refractivity contribution in [2.45, 2.75) is 31.7 Å². The van der Waals surface area contributed by atoms with Crippen molar-refractivity contribution in [1.82, 2.24) is 5.32 Å². The molecule has 0 aliphatic carbocycles. The van der Waals surface area contributed by atoms with Crippen molar-refractivity contribution in [3.05, 3.63) is 41.4 Å². The molecular weight excluding hydrogens is 358 g/mol. The van der Waals surface area contributed by atoms with Crippen molar-refractivity contribution in [3.8, 4) is 0 Å². The molecular formula is C19H22ClNO3S. The molecule has 1 amide bonds. The molecule has 0 spiro atoms. The number of ether oxygens (including phenoxy) is 1. The molecule has 25 heavy (non-hydrogen) atoms. The summed E-state index contributed by atoms with van der Waals surface area (Å²) < 4.78 is 5.04. The third-order valence-electron chi connectivity index (χ3n) is 3.91. The van der Waals surface area contributed by atoms with Crippen LogP contribution in [0, 0.1) is 5.92 Å². The Bertz CT molecular complexity index is 758. The maximum Gasteiger partial charge on any atom is 0.316 e. The van der Waals surface area contributed by atoms with Gasteiger partial charge in [-0.25, -0.2) is 0 Å². The van der Waals surface area contributed by atoms with Crippen LogP contribution in [0.2, 0.25) is 5.02 Å². The minimum Gasteiger partial charge on any atom is -0.455 e. The topological polar surface area (TPSA) is 55.4 Å². The highest BCUT2D eigenvalue weighted by Crippen LogP contribution is 2.33. The molecule has 6 heteroatoms. The van der Waals surface area contributed by atoms with E-state index in [9.17, 15) is 9.59 Å². The number of thioether (sulfide) groups is 1. The van der Waals surface area contributed by atoms with E-state index in [2.05, 4.69) is 5.32 Å². The number of amides is 1. The molecule has 4 nitrogen and oxygen atoms in total. The molecule has 1 N–H and O–H groups in total. The summed E-state index contributed by atoms with van der Waals surface area (Å²) in [5.41, 5.74) is 0. The lowest BCUT2D eigenvalue weighted by Crippen LogP contribution is -2.38. The molecule has 0 unspecified atom stereocenters. The summed E-state index contributed by atoms with van der Waals surface area (Å²) in [6, 6.07) is 11.6. The predicted octanol–water partition coefficient (Wildman–Crippen LogP) is 4.29. The minimum atomic E-state index is -0.429. The quantitative estimate of drug-likeness (QED) is 0.576. The molecule has 134 valence electrons. The van der Waals surface area contributed by atoms with Gasteiger partial charge in [0, 0.05) is 21.3 Å². The first kappa shape index (κ1) is 19.6. The fraction of sp³-hybridized carbons (Fsp3) is 0.368. The second-order valence-electron chi connectivity index (χ2n) is 6.14. The normalized spacial score (nSPS) is 12.2. The minimum absolute atomic E-state index is 0.0402. The monoisotopic (exact) mass is 379 g/mol. The first-order valence-electron chi connectivity index (χ1n) is 8.13. The van der Waals surface area contributed by atoms with Gasteiger partial charge < -0.3 is 10.1 Å². The van der Waals surface area contributed by atoms with Gasteiger partial charge in [0.15, 0.2) is 6.61 Å². The van der Waals surface area contributed by atoms with E-state index in [0.717, 1.165) is 15.7 Å². The summed E-state index contributed by atoms with van der Waals surface area (Å²) in [6.45, 7) is 5.70. The van der Waals surface area contributed by atoms with Gasteiger partial charge in [-0.15, -0.1) is 11.8 Å². The van der Waals surface area contributed by atoms with E-state index in [1.807, 2.05) is 57.2 Å². The van der Waals surface area contributed by atoms with Crippen LogP contribution in [0.5, 0.6) is 0 Å². The second kappa shape index (κ2) is 9.11. The molecule has 0 saturated heterocycles. The first-order valence-corrected chi connectivity index (χ1v) is 9.50. The molecule has 2 aromatic carbocycles. The highest BCUT2D eigenvalue weighted by Gasteiger charge is 2.14. The van der Waals surface area contributed by atoms with Gasteiger partial charge in [0.1, 0.15) is 0 Å². The lowest BCUT2D eigenvalue weighted by molar-refractivity contribution is -0.146. The van der Waals surface area contributed by atoms with E-state index < -0.39 is 5.97 Å². The van der Waals surface area contributed by atoms with Crippen LogP contribution in [0.1, 0.15) is 20.8 Å². The molecule has 0 fully saturated rings. The number of hydrogen-bond donors (Lipinski definition) is 1. The Morgan fingerprint density at radius 2 is 1.84 bits per heavy atom. The summed E-state index contributed by atoms with van der Waals surface area (Å²) in [4.78, 5) is 24.6. The van der Waals surface area contributed by atoms with Crippen LogP contribution in [-0.2, 0) is 14.3 Å². The highest BCUT2D eigenvalue weighted by atomic mass is 35.5. The molecule has 2 rings (SSSR count). The van der Waals surface area contributed by atoms with E-state index in [0.29, 0.717) is 10.9 Å². The predicted molar refractivity (Wildman–Crippen MR) is 103 cm³/mol.